The summed E-state index contributed by atoms with van der Waals surface area (Å²) in [6.07, 6.45) is 4.06. The van der Waals surface area contributed by atoms with Crippen molar-refractivity contribution in [2.24, 2.45) is 7.05 Å². The number of aromatic nitrogens is 3. The molecule has 1 saturated carbocycles. The molecule has 0 atom stereocenters. The minimum absolute atomic E-state index is 0.181. The van der Waals surface area contributed by atoms with E-state index in [1.54, 1.807) is 16.8 Å². The Morgan fingerprint density at radius 3 is 2.47 bits per heavy atom. The van der Waals surface area contributed by atoms with E-state index in [4.69, 9.17) is 26.1 Å². The molecule has 7 heteroatoms. The van der Waals surface area contributed by atoms with Gasteiger partial charge in [-0.3, -0.25) is 9.36 Å². The quantitative estimate of drug-likeness (QED) is 0.341. The van der Waals surface area contributed by atoms with Crippen LogP contribution in [0.3, 0.4) is 0 Å². The number of pyridine rings is 1. The van der Waals surface area contributed by atoms with Crippen LogP contribution in [0, 0.1) is 0 Å². The van der Waals surface area contributed by atoms with Crippen LogP contribution in [-0.2, 0) is 13.7 Å². The predicted molar refractivity (Wildman–Crippen MR) is 134 cm³/mol. The molecule has 1 aliphatic rings. The highest BCUT2D eigenvalue weighted by atomic mass is 35.5. The van der Waals surface area contributed by atoms with Crippen LogP contribution in [0.25, 0.3) is 16.7 Å². The third-order valence-corrected chi connectivity index (χ3v) is 6.07. The van der Waals surface area contributed by atoms with Crippen molar-refractivity contribution < 1.29 is 9.47 Å². The fourth-order valence-electron chi connectivity index (χ4n) is 4.02. The molecular weight excluding hydrogens is 450 g/mol. The first-order chi connectivity index (χ1) is 16.2. The van der Waals surface area contributed by atoms with Gasteiger partial charge in [0, 0.05) is 36.3 Å². The van der Waals surface area contributed by atoms with Crippen molar-refractivity contribution in [3.05, 3.63) is 81.5 Å². The number of benzene rings is 2. The molecule has 0 amide bonds. The van der Waals surface area contributed by atoms with E-state index in [0.29, 0.717) is 29.0 Å². The molecule has 1 aliphatic carbocycles. The van der Waals surface area contributed by atoms with Gasteiger partial charge in [0.1, 0.15) is 35.0 Å². The number of hydrogen-bond acceptors (Lipinski definition) is 4. The van der Waals surface area contributed by atoms with Crippen molar-refractivity contribution in [3.8, 4) is 17.2 Å². The topological polar surface area (TPSA) is 58.3 Å². The van der Waals surface area contributed by atoms with Gasteiger partial charge in [-0.15, -0.1) is 0 Å². The maximum absolute atomic E-state index is 13.0. The van der Waals surface area contributed by atoms with Crippen LogP contribution in [-0.4, -0.2) is 19.7 Å². The molecular formula is C27H28ClN3O3. The van der Waals surface area contributed by atoms with Gasteiger partial charge in [-0.25, -0.2) is 4.98 Å². The van der Waals surface area contributed by atoms with Gasteiger partial charge >= 0.3 is 0 Å². The van der Waals surface area contributed by atoms with Gasteiger partial charge in [0.25, 0.3) is 5.56 Å². The number of ether oxygens (including phenoxy) is 2. The first kappa shape index (κ1) is 22.5. The SMILES string of the molecule is Cn1c(C2CC2)nc2c(OC(C)(C)C)cc(-n3ccc(OCc4ccc(Cl)cc4)cc3=O)cc21. The third-order valence-electron chi connectivity index (χ3n) is 5.82. The van der Waals surface area contributed by atoms with Crippen molar-refractivity contribution in [2.75, 3.05) is 0 Å². The van der Waals surface area contributed by atoms with Crippen LogP contribution in [0.15, 0.2) is 59.5 Å². The number of fused-ring (bicyclic) bond motifs is 1. The lowest BCUT2D eigenvalue weighted by Gasteiger charge is -2.22. The summed E-state index contributed by atoms with van der Waals surface area (Å²) >= 11 is 5.94. The first-order valence-corrected chi connectivity index (χ1v) is 11.9. The Labute approximate surface area is 203 Å². The van der Waals surface area contributed by atoms with Gasteiger partial charge in [0.2, 0.25) is 0 Å². The van der Waals surface area contributed by atoms with E-state index in [0.717, 1.165) is 41.0 Å². The standard InChI is InChI=1S/C27H28ClN3O3/c1-27(2,3)34-23-14-20(13-22-25(23)29-26(30(22)4)18-7-8-18)31-12-11-21(15-24(31)32)33-16-17-5-9-19(28)10-6-17/h5-6,9-15,18H,7-8,16H2,1-4H3. The van der Waals surface area contributed by atoms with Crippen molar-refractivity contribution in [2.45, 2.75) is 51.7 Å². The molecule has 176 valence electrons. The molecule has 0 radical (unpaired) electrons. The maximum Gasteiger partial charge on any atom is 0.258 e. The van der Waals surface area contributed by atoms with Crippen molar-refractivity contribution >= 4 is 22.6 Å². The number of imidazole rings is 1. The average Bonchev–Trinajstić information content (AvgIpc) is 3.56. The smallest absolute Gasteiger partial charge is 0.258 e. The summed E-state index contributed by atoms with van der Waals surface area (Å²) < 4.78 is 15.8. The van der Waals surface area contributed by atoms with Crippen molar-refractivity contribution in [1.29, 1.82) is 0 Å². The Hall–Kier alpha value is -3.25. The van der Waals surface area contributed by atoms with Gasteiger partial charge in [-0.05, 0) is 63.4 Å². The average molecular weight is 478 g/mol. The molecule has 0 saturated heterocycles. The zero-order chi connectivity index (χ0) is 24.0. The molecule has 1 fully saturated rings. The van der Waals surface area contributed by atoms with Gasteiger partial charge in [-0.2, -0.15) is 0 Å². The van der Waals surface area contributed by atoms with Gasteiger partial charge in [0.15, 0.2) is 0 Å². The number of aryl methyl sites for hydroxylation is 1. The Balaban J connectivity index is 1.49. The summed E-state index contributed by atoms with van der Waals surface area (Å²) in [5.41, 5.74) is 2.91. The summed E-state index contributed by atoms with van der Waals surface area (Å²) in [6, 6.07) is 14.6. The van der Waals surface area contributed by atoms with Crippen LogP contribution in [0.1, 0.15) is 50.9 Å². The monoisotopic (exact) mass is 477 g/mol. The summed E-state index contributed by atoms with van der Waals surface area (Å²) in [5, 5.41) is 0.677. The lowest BCUT2D eigenvalue weighted by Crippen LogP contribution is -2.23. The maximum atomic E-state index is 13.0. The first-order valence-electron chi connectivity index (χ1n) is 11.5. The second-order valence-corrected chi connectivity index (χ2v) is 10.3. The van der Waals surface area contributed by atoms with E-state index in [-0.39, 0.29) is 5.56 Å². The minimum Gasteiger partial charge on any atom is -0.489 e. The summed E-state index contributed by atoms with van der Waals surface area (Å²) in [5.74, 6) is 2.77. The van der Waals surface area contributed by atoms with E-state index in [1.807, 2.05) is 64.2 Å². The van der Waals surface area contributed by atoms with Gasteiger partial charge in [-0.1, -0.05) is 23.7 Å². The van der Waals surface area contributed by atoms with Crippen molar-refractivity contribution in [1.82, 2.24) is 14.1 Å². The number of nitrogens with zero attached hydrogens (tertiary/aromatic N) is 3. The molecule has 0 aliphatic heterocycles. The Kier molecular flexibility index (Phi) is 5.64. The molecule has 6 nitrogen and oxygen atoms in total. The molecule has 2 heterocycles. The highest BCUT2D eigenvalue weighted by Gasteiger charge is 2.30. The lowest BCUT2D eigenvalue weighted by atomic mass is 10.1. The van der Waals surface area contributed by atoms with Crippen LogP contribution < -0.4 is 15.0 Å². The third kappa shape index (κ3) is 4.68. The fourth-order valence-corrected chi connectivity index (χ4v) is 4.15. The molecule has 4 aromatic rings. The molecule has 0 N–H and O–H groups in total. The van der Waals surface area contributed by atoms with E-state index in [2.05, 4.69) is 4.57 Å². The predicted octanol–water partition coefficient (Wildman–Crippen LogP) is 6.01. The number of rotatable bonds is 6. The van der Waals surface area contributed by atoms with Crippen LogP contribution >= 0.6 is 11.6 Å². The fraction of sp³-hybridized carbons (Fsp3) is 0.333. The normalized spacial score (nSPS) is 13.9. The lowest BCUT2D eigenvalue weighted by molar-refractivity contribution is 0.133. The second kappa shape index (κ2) is 8.51. The zero-order valence-electron chi connectivity index (χ0n) is 19.8. The Morgan fingerprint density at radius 1 is 1.09 bits per heavy atom. The highest BCUT2D eigenvalue weighted by Crippen LogP contribution is 2.42. The molecule has 34 heavy (non-hydrogen) atoms. The molecule has 2 aromatic carbocycles. The number of hydrogen-bond donors (Lipinski definition) is 0. The highest BCUT2D eigenvalue weighted by molar-refractivity contribution is 6.30. The molecule has 5 rings (SSSR count). The van der Waals surface area contributed by atoms with E-state index < -0.39 is 5.60 Å². The van der Waals surface area contributed by atoms with Crippen LogP contribution in [0.2, 0.25) is 5.02 Å². The number of halogens is 1. The van der Waals surface area contributed by atoms with E-state index in [1.165, 1.54) is 6.07 Å². The Bertz CT molecular complexity index is 1410. The van der Waals surface area contributed by atoms with E-state index >= 15 is 0 Å². The summed E-state index contributed by atoms with van der Waals surface area (Å²) in [4.78, 5) is 18.0. The summed E-state index contributed by atoms with van der Waals surface area (Å²) in [6.45, 7) is 6.38. The summed E-state index contributed by atoms with van der Waals surface area (Å²) in [7, 11) is 2.03. The molecule has 0 spiro atoms. The van der Waals surface area contributed by atoms with E-state index in [9.17, 15) is 4.79 Å². The van der Waals surface area contributed by atoms with Gasteiger partial charge < -0.3 is 14.0 Å². The Morgan fingerprint density at radius 2 is 1.82 bits per heavy atom. The zero-order valence-corrected chi connectivity index (χ0v) is 20.6. The van der Waals surface area contributed by atoms with Crippen molar-refractivity contribution in [3.63, 3.8) is 0 Å². The minimum atomic E-state index is -0.396. The van der Waals surface area contributed by atoms with Gasteiger partial charge in [0.05, 0.1) is 11.2 Å². The second-order valence-electron chi connectivity index (χ2n) is 9.82. The molecule has 2 aromatic heterocycles. The van der Waals surface area contributed by atoms with Crippen LogP contribution in [0.4, 0.5) is 0 Å². The largest absolute Gasteiger partial charge is 0.489 e. The molecule has 0 bridgehead atoms. The molecule has 0 unspecified atom stereocenters. The van der Waals surface area contributed by atoms with Crippen LogP contribution in [0.5, 0.6) is 11.5 Å².